The molecular formula is C29H59N. The Morgan fingerprint density at radius 3 is 2.03 bits per heavy atom. The van der Waals surface area contributed by atoms with E-state index >= 15 is 0 Å². The van der Waals surface area contributed by atoms with Gasteiger partial charge in [0.25, 0.3) is 0 Å². The second-order valence-electron chi connectivity index (χ2n) is 11.3. The molecule has 0 aromatic heterocycles. The summed E-state index contributed by atoms with van der Waals surface area (Å²) in [6.45, 7) is 17.9. The summed E-state index contributed by atoms with van der Waals surface area (Å²) in [7, 11) is 0. The summed E-state index contributed by atoms with van der Waals surface area (Å²) >= 11 is 0. The summed E-state index contributed by atoms with van der Waals surface area (Å²) in [5, 5.41) is 4.02. The van der Waals surface area contributed by atoms with Crippen LogP contribution in [0.2, 0.25) is 0 Å². The van der Waals surface area contributed by atoms with Gasteiger partial charge >= 0.3 is 0 Å². The topological polar surface area (TPSA) is 12.0 Å². The minimum Gasteiger partial charge on any atom is -0.314 e. The maximum Gasteiger partial charge on any atom is 0.0126 e. The van der Waals surface area contributed by atoms with Crippen molar-refractivity contribution in [3.8, 4) is 0 Å². The van der Waals surface area contributed by atoms with Crippen molar-refractivity contribution in [2.45, 2.75) is 144 Å². The fourth-order valence-corrected chi connectivity index (χ4v) is 6.25. The van der Waals surface area contributed by atoms with E-state index in [0.29, 0.717) is 0 Å². The zero-order chi connectivity index (χ0) is 22.4. The van der Waals surface area contributed by atoms with Crippen LogP contribution in [0, 0.1) is 35.5 Å². The van der Waals surface area contributed by atoms with E-state index in [4.69, 9.17) is 0 Å². The molecule has 1 rings (SSSR count). The van der Waals surface area contributed by atoms with Crippen molar-refractivity contribution in [2.75, 3.05) is 6.54 Å². The molecule has 180 valence electrons. The van der Waals surface area contributed by atoms with Crippen molar-refractivity contribution in [3.05, 3.63) is 0 Å². The van der Waals surface area contributed by atoms with Gasteiger partial charge in [0.15, 0.2) is 0 Å². The van der Waals surface area contributed by atoms with Crippen LogP contribution >= 0.6 is 0 Å². The van der Waals surface area contributed by atoms with Gasteiger partial charge < -0.3 is 5.32 Å². The zero-order valence-electron chi connectivity index (χ0n) is 22.1. The van der Waals surface area contributed by atoms with Gasteiger partial charge in [0.1, 0.15) is 0 Å². The minimum atomic E-state index is 0.780. The summed E-state index contributed by atoms with van der Waals surface area (Å²) in [5.74, 6) is 5.57. The van der Waals surface area contributed by atoms with Crippen LogP contribution in [0.25, 0.3) is 0 Å². The maximum absolute atomic E-state index is 4.02. The van der Waals surface area contributed by atoms with Gasteiger partial charge in [-0.3, -0.25) is 0 Å². The van der Waals surface area contributed by atoms with E-state index in [1.165, 1.54) is 89.9 Å². The molecule has 1 nitrogen and oxygen atoms in total. The number of hydrogen-bond acceptors (Lipinski definition) is 1. The molecule has 0 aromatic carbocycles. The molecule has 0 spiro atoms. The van der Waals surface area contributed by atoms with Crippen LogP contribution in [0.5, 0.6) is 0 Å². The molecule has 6 unspecified atom stereocenters. The molecule has 1 N–H and O–H groups in total. The molecule has 1 fully saturated rings. The summed E-state index contributed by atoms with van der Waals surface area (Å²) in [5.41, 5.74) is 0. The van der Waals surface area contributed by atoms with Gasteiger partial charge in [-0.2, -0.15) is 0 Å². The van der Waals surface area contributed by atoms with Crippen LogP contribution < -0.4 is 5.32 Å². The van der Waals surface area contributed by atoms with Crippen molar-refractivity contribution < 1.29 is 0 Å². The highest BCUT2D eigenvalue weighted by Crippen LogP contribution is 2.44. The highest BCUT2D eigenvalue weighted by molar-refractivity contribution is 4.93. The average Bonchev–Trinajstić information content (AvgIpc) is 2.70. The zero-order valence-corrected chi connectivity index (χ0v) is 22.1. The van der Waals surface area contributed by atoms with E-state index in [2.05, 4.69) is 53.8 Å². The largest absolute Gasteiger partial charge is 0.314 e. The van der Waals surface area contributed by atoms with Crippen molar-refractivity contribution in [3.63, 3.8) is 0 Å². The third-order valence-electron chi connectivity index (χ3n) is 8.14. The Hall–Kier alpha value is -0.0400. The monoisotopic (exact) mass is 421 g/mol. The van der Waals surface area contributed by atoms with Crippen molar-refractivity contribution >= 4 is 0 Å². The van der Waals surface area contributed by atoms with Gasteiger partial charge in [-0.1, -0.05) is 106 Å². The highest BCUT2D eigenvalue weighted by atomic mass is 14.9. The molecule has 1 aliphatic carbocycles. The van der Waals surface area contributed by atoms with E-state index in [-0.39, 0.29) is 0 Å². The number of rotatable bonds is 19. The third kappa shape index (κ3) is 10.5. The summed E-state index contributed by atoms with van der Waals surface area (Å²) in [6.07, 6.45) is 20.1. The molecule has 0 heterocycles. The molecule has 0 aliphatic heterocycles. The van der Waals surface area contributed by atoms with Crippen LogP contribution in [-0.4, -0.2) is 12.6 Å². The van der Waals surface area contributed by atoms with Gasteiger partial charge in [-0.25, -0.2) is 0 Å². The molecule has 1 aliphatic rings. The van der Waals surface area contributed by atoms with Crippen LogP contribution in [0.3, 0.4) is 0 Å². The lowest BCUT2D eigenvalue weighted by Crippen LogP contribution is -2.49. The van der Waals surface area contributed by atoms with E-state index < -0.39 is 0 Å². The Kier molecular flexibility index (Phi) is 15.5. The first-order valence-electron chi connectivity index (χ1n) is 14.2. The van der Waals surface area contributed by atoms with E-state index in [0.717, 1.165) is 48.1 Å². The van der Waals surface area contributed by atoms with Crippen molar-refractivity contribution in [1.29, 1.82) is 0 Å². The fourth-order valence-electron chi connectivity index (χ4n) is 6.25. The van der Waals surface area contributed by atoms with Gasteiger partial charge in [0.05, 0.1) is 0 Å². The van der Waals surface area contributed by atoms with Crippen LogP contribution in [0.4, 0.5) is 0 Å². The highest BCUT2D eigenvalue weighted by Gasteiger charge is 2.39. The second-order valence-corrected chi connectivity index (χ2v) is 11.3. The second kappa shape index (κ2) is 16.6. The van der Waals surface area contributed by atoms with Gasteiger partial charge in [0, 0.05) is 6.04 Å². The molecule has 1 saturated carbocycles. The molecule has 0 amide bonds. The average molecular weight is 422 g/mol. The minimum absolute atomic E-state index is 0.780. The van der Waals surface area contributed by atoms with Gasteiger partial charge in [-0.15, -0.1) is 0 Å². The van der Waals surface area contributed by atoms with Gasteiger partial charge in [-0.05, 0) is 74.2 Å². The number of unbranched alkanes of at least 4 members (excludes halogenated alkanes) is 2. The molecular weight excluding hydrogens is 362 g/mol. The number of nitrogens with one attached hydrogen (secondary N) is 1. The molecule has 0 aromatic rings. The van der Waals surface area contributed by atoms with Crippen LogP contribution in [0.1, 0.15) is 138 Å². The molecule has 30 heavy (non-hydrogen) atoms. The molecule has 0 radical (unpaired) electrons. The van der Waals surface area contributed by atoms with E-state index in [1.807, 2.05) is 0 Å². The fraction of sp³-hybridized carbons (Fsp3) is 1.00. The Labute approximate surface area is 192 Å². The lowest BCUT2D eigenvalue weighted by atomic mass is 9.63. The molecule has 1 heteroatoms. The van der Waals surface area contributed by atoms with Crippen molar-refractivity contribution in [1.82, 2.24) is 5.32 Å². The molecule has 0 bridgehead atoms. The molecule has 0 saturated heterocycles. The third-order valence-corrected chi connectivity index (χ3v) is 8.14. The smallest absolute Gasteiger partial charge is 0.0126 e. The Bertz CT molecular complexity index is 390. The number of hydrogen-bond donors (Lipinski definition) is 1. The van der Waals surface area contributed by atoms with Crippen LogP contribution in [0.15, 0.2) is 0 Å². The van der Waals surface area contributed by atoms with Crippen molar-refractivity contribution in [2.24, 2.45) is 35.5 Å². The quantitative estimate of drug-likeness (QED) is 0.219. The summed E-state index contributed by atoms with van der Waals surface area (Å²) in [4.78, 5) is 0. The summed E-state index contributed by atoms with van der Waals surface area (Å²) < 4.78 is 0. The Morgan fingerprint density at radius 1 is 0.800 bits per heavy atom. The normalized spacial score (nSPS) is 23.2. The first-order chi connectivity index (χ1) is 14.5. The van der Waals surface area contributed by atoms with E-state index in [9.17, 15) is 0 Å². The molecule has 6 atom stereocenters. The van der Waals surface area contributed by atoms with E-state index in [1.54, 1.807) is 0 Å². The Balaban J connectivity index is 2.64. The summed E-state index contributed by atoms with van der Waals surface area (Å²) in [6, 6.07) is 0.780. The Morgan fingerprint density at radius 2 is 1.50 bits per heavy atom. The van der Waals surface area contributed by atoms with Crippen LogP contribution in [-0.2, 0) is 0 Å². The lowest BCUT2D eigenvalue weighted by molar-refractivity contribution is 0.0712. The first-order valence-corrected chi connectivity index (χ1v) is 14.2. The maximum atomic E-state index is 4.02. The predicted octanol–water partition coefficient (Wildman–Crippen LogP) is 9.26. The lowest BCUT2D eigenvalue weighted by Gasteiger charge is -2.46. The predicted molar refractivity (Wildman–Crippen MR) is 137 cm³/mol. The standard InChI is InChI=1S/C29H59N/c1-8-12-15-24(7)22-27(17-13-9-2)29(30-11-4)28-20-19-26(28)18-14-16-25(10-3)21-23(5)6/h23-30H,8-22H2,1-7H3. The van der Waals surface area contributed by atoms with Gasteiger partial charge in [0.2, 0.25) is 0 Å². The SMILES string of the molecule is CCCCC(C)CC(CCCC)C(NCC)C1CCC1CCCC(CC)CC(C)C. The first kappa shape index (κ1) is 28.0.